The van der Waals surface area contributed by atoms with E-state index in [1.165, 1.54) is 16.9 Å². The fourth-order valence-corrected chi connectivity index (χ4v) is 5.46. The van der Waals surface area contributed by atoms with E-state index in [0.717, 1.165) is 26.4 Å². The maximum Gasteiger partial charge on any atom is 0.232 e. The van der Waals surface area contributed by atoms with Crippen molar-refractivity contribution in [3.63, 3.8) is 0 Å². The molecule has 0 unspecified atom stereocenters. The molecule has 0 aliphatic heterocycles. The lowest BCUT2D eigenvalue weighted by Gasteiger charge is -1.99. The molecule has 0 bridgehead atoms. The molecule has 1 amide bonds. The summed E-state index contributed by atoms with van der Waals surface area (Å²) in [5.41, 5.74) is 3.07. The van der Waals surface area contributed by atoms with E-state index in [2.05, 4.69) is 32.6 Å². The predicted octanol–water partition coefficient (Wildman–Crippen LogP) is 5.71. The Hall–Kier alpha value is -2.26. The standard InChI is InChI=1S/C21H17ClN4OS3/c22-16-8-4-7-15(9-16)10-19-23-17(13-28-19)11-18(27)24-20-25-26-21(30-20)29-12-14-5-2-1-3-6-14/h1-9,13H,10-12H2,(H,24,25,27). The van der Waals surface area contributed by atoms with Crippen LogP contribution in [0.1, 0.15) is 21.8 Å². The second-order valence-corrected chi connectivity index (χ2v) is 9.99. The van der Waals surface area contributed by atoms with Crippen molar-refractivity contribution in [2.75, 3.05) is 5.32 Å². The van der Waals surface area contributed by atoms with Gasteiger partial charge in [-0.05, 0) is 23.3 Å². The monoisotopic (exact) mass is 472 g/mol. The molecule has 5 nitrogen and oxygen atoms in total. The molecule has 0 saturated heterocycles. The maximum atomic E-state index is 12.4. The van der Waals surface area contributed by atoms with E-state index in [-0.39, 0.29) is 12.3 Å². The number of hydrogen-bond donors (Lipinski definition) is 1. The highest BCUT2D eigenvalue weighted by molar-refractivity contribution is 8.00. The van der Waals surface area contributed by atoms with E-state index < -0.39 is 0 Å². The minimum absolute atomic E-state index is 0.148. The molecule has 0 atom stereocenters. The molecule has 1 N–H and O–H groups in total. The van der Waals surface area contributed by atoms with Crippen LogP contribution in [0.3, 0.4) is 0 Å². The van der Waals surface area contributed by atoms with Crippen LogP contribution in [-0.2, 0) is 23.4 Å². The van der Waals surface area contributed by atoms with E-state index in [1.54, 1.807) is 23.1 Å². The quantitative estimate of drug-likeness (QED) is 0.262. The molecule has 2 aromatic carbocycles. The molecule has 0 fully saturated rings. The van der Waals surface area contributed by atoms with Crippen molar-refractivity contribution in [2.45, 2.75) is 22.9 Å². The van der Waals surface area contributed by atoms with Crippen LogP contribution in [0.25, 0.3) is 0 Å². The molecule has 152 valence electrons. The first-order valence-corrected chi connectivity index (χ1v) is 12.2. The Bertz CT molecular complexity index is 1130. The van der Waals surface area contributed by atoms with Gasteiger partial charge in [-0.1, -0.05) is 77.2 Å². The summed E-state index contributed by atoms with van der Waals surface area (Å²) in [6.07, 6.45) is 0.906. The van der Waals surface area contributed by atoms with Gasteiger partial charge < -0.3 is 5.32 Å². The van der Waals surface area contributed by atoms with Gasteiger partial charge in [-0.25, -0.2) is 4.98 Å². The number of amides is 1. The van der Waals surface area contributed by atoms with Crippen molar-refractivity contribution < 1.29 is 4.79 Å². The van der Waals surface area contributed by atoms with Crippen LogP contribution in [-0.4, -0.2) is 21.1 Å². The molecule has 0 aliphatic carbocycles. The second kappa shape index (κ2) is 10.2. The zero-order valence-electron chi connectivity index (χ0n) is 15.7. The van der Waals surface area contributed by atoms with E-state index >= 15 is 0 Å². The first kappa shape index (κ1) is 21.0. The maximum absolute atomic E-state index is 12.4. The fourth-order valence-electron chi connectivity index (χ4n) is 2.70. The van der Waals surface area contributed by atoms with Gasteiger partial charge in [-0.15, -0.1) is 21.5 Å². The van der Waals surface area contributed by atoms with Crippen molar-refractivity contribution in [1.29, 1.82) is 0 Å². The van der Waals surface area contributed by atoms with Crippen LogP contribution in [0, 0.1) is 0 Å². The lowest BCUT2D eigenvalue weighted by Crippen LogP contribution is -2.14. The molecule has 0 radical (unpaired) electrons. The van der Waals surface area contributed by atoms with Crippen molar-refractivity contribution >= 4 is 57.1 Å². The lowest BCUT2D eigenvalue weighted by molar-refractivity contribution is -0.115. The molecule has 4 rings (SSSR count). The molecule has 9 heteroatoms. The average Bonchev–Trinajstić information content (AvgIpc) is 3.36. The summed E-state index contributed by atoms with van der Waals surface area (Å²) >= 11 is 10.6. The first-order valence-electron chi connectivity index (χ1n) is 9.12. The number of thiazole rings is 1. The zero-order valence-corrected chi connectivity index (χ0v) is 19.0. The first-order chi connectivity index (χ1) is 14.6. The molecule has 0 saturated carbocycles. The Morgan fingerprint density at radius 3 is 2.73 bits per heavy atom. The predicted molar refractivity (Wildman–Crippen MR) is 125 cm³/mol. The van der Waals surface area contributed by atoms with Crippen LogP contribution in [0.4, 0.5) is 5.13 Å². The van der Waals surface area contributed by atoms with Crippen molar-refractivity contribution in [3.8, 4) is 0 Å². The van der Waals surface area contributed by atoms with Crippen molar-refractivity contribution in [3.05, 3.63) is 86.8 Å². The Morgan fingerprint density at radius 2 is 1.90 bits per heavy atom. The number of nitrogens with one attached hydrogen (secondary N) is 1. The summed E-state index contributed by atoms with van der Waals surface area (Å²) < 4.78 is 0.826. The van der Waals surface area contributed by atoms with Gasteiger partial charge >= 0.3 is 0 Å². The molecule has 0 aliphatic rings. The average molecular weight is 473 g/mol. The molecule has 0 spiro atoms. The minimum Gasteiger partial charge on any atom is -0.300 e. The van der Waals surface area contributed by atoms with Crippen LogP contribution in [0.15, 0.2) is 64.3 Å². The molecule has 2 heterocycles. The van der Waals surface area contributed by atoms with Crippen LogP contribution < -0.4 is 5.32 Å². The number of aromatic nitrogens is 3. The smallest absolute Gasteiger partial charge is 0.232 e. The van der Waals surface area contributed by atoms with Crippen LogP contribution in [0.5, 0.6) is 0 Å². The zero-order chi connectivity index (χ0) is 20.8. The molecule has 30 heavy (non-hydrogen) atoms. The van der Waals surface area contributed by atoms with E-state index in [1.807, 2.05) is 47.8 Å². The number of benzene rings is 2. The molecule has 2 aromatic heterocycles. The summed E-state index contributed by atoms with van der Waals surface area (Å²) in [7, 11) is 0. The largest absolute Gasteiger partial charge is 0.300 e. The van der Waals surface area contributed by atoms with E-state index in [9.17, 15) is 4.79 Å². The third-order valence-electron chi connectivity index (χ3n) is 4.04. The minimum atomic E-state index is -0.148. The Kier molecular flexibility index (Phi) is 7.11. The number of nitrogens with zero attached hydrogens (tertiary/aromatic N) is 3. The van der Waals surface area contributed by atoms with Gasteiger partial charge in [-0.3, -0.25) is 4.79 Å². The summed E-state index contributed by atoms with van der Waals surface area (Å²) in [5, 5.41) is 15.1. The van der Waals surface area contributed by atoms with Gasteiger partial charge in [0.1, 0.15) is 0 Å². The van der Waals surface area contributed by atoms with Crippen molar-refractivity contribution in [2.24, 2.45) is 0 Å². The number of rotatable bonds is 8. The van der Waals surface area contributed by atoms with Crippen LogP contribution in [0.2, 0.25) is 5.02 Å². The van der Waals surface area contributed by atoms with Gasteiger partial charge in [-0.2, -0.15) is 0 Å². The summed E-state index contributed by atoms with van der Waals surface area (Å²) in [6.45, 7) is 0. The van der Waals surface area contributed by atoms with E-state index in [0.29, 0.717) is 16.6 Å². The third kappa shape index (κ3) is 6.12. The van der Waals surface area contributed by atoms with Gasteiger partial charge in [0.25, 0.3) is 0 Å². The van der Waals surface area contributed by atoms with Gasteiger partial charge in [0.15, 0.2) is 4.34 Å². The number of carbonyl (C=O) groups is 1. The highest BCUT2D eigenvalue weighted by Gasteiger charge is 2.12. The topological polar surface area (TPSA) is 67.8 Å². The SMILES string of the molecule is O=C(Cc1csc(Cc2cccc(Cl)c2)n1)Nc1nnc(SCc2ccccc2)s1. The summed E-state index contributed by atoms with van der Waals surface area (Å²) in [4.78, 5) is 16.9. The number of hydrogen-bond acceptors (Lipinski definition) is 7. The Balaban J connectivity index is 1.28. The number of thioether (sulfide) groups is 1. The van der Waals surface area contributed by atoms with Crippen molar-refractivity contribution in [1.82, 2.24) is 15.2 Å². The summed E-state index contributed by atoms with van der Waals surface area (Å²) in [6, 6.07) is 17.9. The molecular weight excluding hydrogens is 456 g/mol. The van der Waals surface area contributed by atoms with Crippen LogP contribution >= 0.6 is 46.0 Å². The summed E-state index contributed by atoms with van der Waals surface area (Å²) in [5.74, 6) is 0.669. The molecular formula is C21H17ClN4OS3. The van der Waals surface area contributed by atoms with Gasteiger partial charge in [0.05, 0.1) is 17.1 Å². The van der Waals surface area contributed by atoms with E-state index in [4.69, 9.17) is 11.6 Å². The number of halogens is 1. The molecule has 4 aromatic rings. The normalized spacial score (nSPS) is 10.8. The third-order valence-corrected chi connectivity index (χ3v) is 7.22. The van der Waals surface area contributed by atoms with Gasteiger partial charge in [0.2, 0.25) is 11.0 Å². The number of anilines is 1. The fraction of sp³-hybridized carbons (Fsp3) is 0.143. The highest BCUT2D eigenvalue weighted by Crippen LogP contribution is 2.28. The highest BCUT2D eigenvalue weighted by atomic mass is 35.5. The lowest BCUT2D eigenvalue weighted by atomic mass is 10.2. The Morgan fingerprint density at radius 1 is 1.07 bits per heavy atom. The van der Waals surface area contributed by atoms with Gasteiger partial charge in [0, 0.05) is 22.6 Å². The Labute approximate surface area is 191 Å². The second-order valence-electron chi connectivity index (χ2n) is 6.41. The number of carbonyl (C=O) groups excluding carboxylic acids is 1.